The van der Waals surface area contributed by atoms with E-state index in [2.05, 4.69) is 6.07 Å². The lowest BCUT2D eigenvalue weighted by Crippen LogP contribution is -2.29. The number of carbonyl (C=O) groups is 1. The Morgan fingerprint density at radius 3 is 2.45 bits per heavy atom. The second kappa shape index (κ2) is 6.33. The molecule has 2 aromatic carbocycles. The summed E-state index contributed by atoms with van der Waals surface area (Å²) >= 11 is 0. The van der Waals surface area contributed by atoms with Crippen LogP contribution >= 0.6 is 0 Å². The van der Waals surface area contributed by atoms with Crippen LogP contribution in [0.15, 0.2) is 48.5 Å². The molecule has 2 rings (SSSR count). The third-order valence-corrected chi connectivity index (χ3v) is 3.25. The first-order valence-electron chi connectivity index (χ1n) is 6.70. The van der Waals surface area contributed by atoms with E-state index >= 15 is 0 Å². The molecule has 0 unspecified atom stereocenters. The van der Waals surface area contributed by atoms with Crippen LogP contribution in [-0.4, -0.2) is 18.9 Å². The fourth-order valence-corrected chi connectivity index (χ4v) is 2.11. The minimum atomic E-state index is -0.326. The van der Waals surface area contributed by atoms with E-state index in [1.165, 1.54) is 24.3 Å². The largest absolute Gasteiger partial charge is 0.364 e. The molecule has 0 fully saturated rings. The molecule has 0 aromatic heterocycles. The number of benzene rings is 2. The maximum atomic E-state index is 12.9. The Morgan fingerprint density at radius 2 is 1.85 bits per heavy atom. The molecule has 2 nitrogen and oxygen atoms in total. The predicted octanol–water partition coefficient (Wildman–Crippen LogP) is 3.84. The van der Waals surface area contributed by atoms with E-state index < -0.39 is 0 Å². The molecule has 0 amide bonds. The lowest BCUT2D eigenvalue weighted by atomic mass is 10.1. The minimum Gasteiger partial charge on any atom is -0.364 e. The van der Waals surface area contributed by atoms with Crippen molar-refractivity contribution in [2.24, 2.45) is 0 Å². The van der Waals surface area contributed by atoms with Gasteiger partial charge in [-0.25, -0.2) is 4.39 Å². The van der Waals surface area contributed by atoms with E-state index in [-0.39, 0.29) is 11.6 Å². The van der Waals surface area contributed by atoms with Gasteiger partial charge in [-0.2, -0.15) is 0 Å². The van der Waals surface area contributed by atoms with Crippen LogP contribution in [0.1, 0.15) is 22.8 Å². The van der Waals surface area contributed by atoms with E-state index in [9.17, 15) is 9.18 Å². The molecule has 20 heavy (non-hydrogen) atoms. The quantitative estimate of drug-likeness (QED) is 0.770. The Morgan fingerprint density at radius 1 is 1.15 bits per heavy atom. The lowest BCUT2D eigenvalue weighted by Gasteiger charge is -2.22. The van der Waals surface area contributed by atoms with Crippen LogP contribution in [0.5, 0.6) is 0 Å². The summed E-state index contributed by atoms with van der Waals surface area (Å²) < 4.78 is 12.9. The number of anilines is 1. The highest BCUT2D eigenvalue weighted by atomic mass is 19.1. The van der Waals surface area contributed by atoms with Crippen LogP contribution in [0, 0.1) is 12.7 Å². The van der Waals surface area contributed by atoms with Gasteiger partial charge in [0.1, 0.15) is 5.82 Å². The minimum absolute atomic E-state index is 0.00615. The number of nitrogens with zero attached hydrogens (tertiary/aromatic N) is 1. The zero-order chi connectivity index (χ0) is 14.5. The van der Waals surface area contributed by atoms with Crippen molar-refractivity contribution < 1.29 is 9.18 Å². The molecule has 0 radical (unpaired) electrons. The van der Waals surface area contributed by atoms with Crippen LogP contribution in [0.2, 0.25) is 0 Å². The third-order valence-electron chi connectivity index (χ3n) is 3.25. The predicted molar refractivity (Wildman–Crippen MR) is 79.8 cm³/mol. The number of Topliss-reactive ketones (excluding diaryl/α,β-unsaturated/α-hetero) is 1. The number of carbonyl (C=O) groups excluding carboxylic acids is 1. The van der Waals surface area contributed by atoms with Crippen molar-refractivity contribution in [3.05, 3.63) is 65.5 Å². The fraction of sp³-hybridized carbons (Fsp3) is 0.235. The van der Waals surface area contributed by atoms with Crippen molar-refractivity contribution in [2.75, 3.05) is 18.0 Å². The second-order valence-electron chi connectivity index (χ2n) is 4.78. The van der Waals surface area contributed by atoms with Gasteiger partial charge in [-0.15, -0.1) is 0 Å². The summed E-state index contributed by atoms with van der Waals surface area (Å²) in [6.07, 6.45) is 0. The summed E-state index contributed by atoms with van der Waals surface area (Å²) in [4.78, 5) is 14.2. The van der Waals surface area contributed by atoms with Gasteiger partial charge in [0.05, 0.1) is 6.54 Å². The number of likely N-dealkylation sites (N-methyl/N-ethyl adjacent to an activating group) is 1. The molecular formula is C17H18FNO. The molecule has 0 heterocycles. The third kappa shape index (κ3) is 3.44. The summed E-state index contributed by atoms with van der Waals surface area (Å²) in [7, 11) is 0. The maximum Gasteiger partial charge on any atom is 0.182 e. The van der Waals surface area contributed by atoms with Gasteiger partial charge in [-0.1, -0.05) is 12.1 Å². The van der Waals surface area contributed by atoms with Crippen molar-refractivity contribution >= 4 is 11.5 Å². The van der Waals surface area contributed by atoms with E-state index in [1.807, 2.05) is 36.9 Å². The number of rotatable bonds is 5. The first-order chi connectivity index (χ1) is 9.60. The number of ketones is 1. The topological polar surface area (TPSA) is 20.3 Å². The highest BCUT2D eigenvalue weighted by molar-refractivity contribution is 5.99. The lowest BCUT2D eigenvalue weighted by molar-refractivity contribution is 0.0999. The van der Waals surface area contributed by atoms with Crippen LogP contribution in [0.3, 0.4) is 0 Å². The zero-order valence-electron chi connectivity index (χ0n) is 11.8. The van der Waals surface area contributed by atoms with Gasteiger partial charge in [-0.3, -0.25) is 4.79 Å². The summed E-state index contributed by atoms with van der Waals surface area (Å²) in [5.74, 6) is -0.332. The van der Waals surface area contributed by atoms with Gasteiger partial charge in [0, 0.05) is 17.8 Å². The Balaban J connectivity index is 2.14. The van der Waals surface area contributed by atoms with Crippen molar-refractivity contribution in [2.45, 2.75) is 13.8 Å². The number of hydrogen-bond donors (Lipinski definition) is 0. The first-order valence-corrected chi connectivity index (χ1v) is 6.70. The molecular weight excluding hydrogens is 253 g/mol. The molecule has 2 aromatic rings. The second-order valence-corrected chi connectivity index (χ2v) is 4.78. The normalized spacial score (nSPS) is 10.3. The summed E-state index contributed by atoms with van der Waals surface area (Å²) in [6, 6.07) is 13.8. The average Bonchev–Trinajstić information content (AvgIpc) is 2.45. The molecule has 0 spiro atoms. The van der Waals surface area contributed by atoms with Gasteiger partial charge < -0.3 is 4.90 Å². The van der Waals surface area contributed by atoms with Crippen molar-refractivity contribution in [1.82, 2.24) is 0 Å². The van der Waals surface area contributed by atoms with Gasteiger partial charge in [-0.05, 0) is 55.8 Å². The fourth-order valence-electron chi connectivity index (χ4n) is 2.11. The molecule has 0 saturated carbocycles. The van der Waals surface area contributed by atoms with E-state index in [1.54, 1.807) is 0 Å². The molecule has 0 aliphatic heterocycles. The van der Waals surface area contributed by atoms with E-state index in [4.69, 9.17) is 0 Å². The van der Waals surface area contributed by atoms with Crippen LogP contribution in [0.25, 0.3) is 0 Å². The van der Waals surface area contributed by atoms with Gasteiger partial charge in [0.15, 0.2) is 5.78 Å². The summed E-state index contributed by atoms with van der Waals surface area (Å²) in [5, 5.41) is 0. The first kappa shape index (κ1) is 14.3. The number of hydrogen-bond acceptors (Lipinski definition) is 2. The molecule has 104 valence electrons. The van der Waals surface area contributed by atoms with E-state index in [0.717, 1.165) is 17.8 Å². The highest BCUT2D eigenvalue weighted by Gasteiger charge is 2.12. The van der Waals surface area contributed by atoms with Crippen LogP contribution < -0.4 is 4.90 Å². The molecule has 0 aliphatic carbocycles. The van der Waals surface area contributed by atoms with Gasteiger partial charge in [0.2, 0.25) is 0 Å². The average molecular weight is 271 g/mol. The number of aryl methyl sites for hydroxylation is 1. The van der Waals surface area contributed by atoms with E-state index in [0.29, 0.717) is 12.1 Å². The Bertz CT molecular complexity index is 592. The van der Waals surface area contributed by atoms with Crippen molar-refractivity contribution in [3.63, 3.8) is 0 Å². The maximum absolute atomic E-state index is 12.9. The molecule has 0 atom stereocenters. The summed E-state index contributed by atoms with van der Waals surface area (Å²) in [6.45, 7) is 5.08. The van der Waals surface area contributed by atoms with Gasteiger partial charge >= 0.3 is 0 Å². The molecule has 3 heteroatoms. The van der Waals surface area contributed by atoms with Crippen molar-refractivity contribution in [1.29, 1.82) is 0 Å². The van der Waals surface area contributed by atoms with Crippen LogP contribution in [-0.2, 0) is 0 Å². The highest BCUT2D eigenvalue weighted by Crippen LogP contribution is 2.16. The Kier molecular flexibility index (Phi) is 4.51. The monoisotopic (exact) mass is 271 g/mol. The summed E-state index contributed by atoms with van der Waals surface area (Å²) in [5.41, 5.74) is 2.73. The number of halogens is 1. The molecule has 0 bridgehead atoms. The molecule has 0 aliphatic rings. The molecule has 0 N–H and O–H groups in total. The Hall–Kier alpha value is -2.16. The smallest absolute Gasteiger partial charge is 0.182 e. The Labute approximate surface area is 118 Å². The van der Waals surface area contributed by atoms with Crippen LogP contribution in [0.4, 0.5) is 10.1 Å². The standard InChI is InChI=1S/C17H18FNO/c1-3-19(16-6-4-5-13(2)11-16)12-17(20)14-7-9-15(18)10-8-14/h4-11H,3,12H2,1-2H3. The molecule has 0 saturated heterocycles. The van der Waals surface area contributed by atoms with Crippen molar-refractivity contribution in [3.8, 4) is 0 Å². The van der Waals surface area contributed by atoms with Gasteiger partial charge in [0.25, 0.3) is 0 Å². The SMILES string of the molecule is CCN(CC(=O)c1ccc(F)cc1)c1cccc(C)c1. The zero-order valence-corrected chi connectivity index (χ0v) is 11.8.